The lowest BCUT2D eigenvalue weighted by atomic mass is 10.1. The molecule has 1 aromatic carbocycles. The minimum atomic E-state index is -0.354. The molecule has 120 valence electrons. The number of amides is 1. The van der Waals surface area contributed by atoms with E-state index in [0.717, 1.165) is 11.4 Å². The zero-order valence-electron chi connectivity index (χ0n) is 13.5. The first kappa shape index (κ1) is 15.4. The summed E-state index contributed by atoms with van der Waals surface area (Å²) in [6, 6.07) is 4.52. The fraction of sp³-hybridized carbons (Fsp3) is 0.353. The SMILES string of the molecule is CCc1nc(C)ncc1C(=O)N1CCN(C)c2ccc(F)cc21. The second-order valence-corrected chi connectivity index (χ2v) is 5.64. The van der Waals surface area contributed by atoms with Crippen molar-refractivity contribution in [2.24, 2.45) is 0 Å². The number of carbonyl (C=O) groups excluding carboxylic acids is 1. The van der Waals surface area contributed by atoms with E-state index in [2.05, 4.69) is 9.97 Å². The van der Waals surface area contributed by atoms with Crippen molar-refractivity contribution in [2.45, 2.75) is 20.3 Å². The predicted molar refractivity (Wildman–Crippen MR) is 87.5 cm³/mol. The Hall–Kier alpha value is -2.50. The van der Waals surface area contributed by atoms with Crippen molar-refractivity contribution in [1.29, 1.82) is 0 Å². The van der Waals surface area contributed by atoms with Gasteiger partial charge >= 0.3 is 0 Å². The third-order valence-corrected chi connectivity index (χ3v) is 4.10. The Kier molecular flexibility index (Phi) is 3.98. The van der Waals surface area contributed by atoms with Crippen molar-refractivity contribution in [3.63, 3.8) is 0 Å². The first-order valence-corrected chi connectivity index (χ1v) is 7.66. The molecule has 0 spiro atoms. The molecule has 6 heteroatoms. The highest BCUT2D eigenvalue weighted by Gasteiger charge is 2.28. The molecule has 0 saturated carbocycles. The van der Waals surface area contributed by atoms with Crippen LogP contribution in [0.4, 0.5) is 15.8 Å². The van der Waals surface area contributed by atoms with Gasteiger partial charge in [0.25, 0.3) is 5.91 Å². The second-order valence-electron chi connectivity index (χ2n) is 5.64. The maximum atomic E-state index is 13.7. The van der Waals surface area contributed by atoms with Crippen molar-refractivity contribution >= 4 is 17.3 Å². The van der Waals surface area contributed by atoms with Gasteiger partial charge in [0, 0.05) is 26.3 Å². The largest absolute Gasteiger partial charge is 0.371 e. The highest BCUT2D eigenvalue weighted by Crippen LogP contribution is 2.33. The van der Waals surface area contributed by atoms with E-state index in [4.69, 9.17) is 0 Å². The van der Waals surface area contributed by atoms with Crippen LogP contribution in [0.15, 0.2) is 24.4 Å². The van der Waals surface area contributed by atoms with Gasteiger partial charge in [-0.1, -0.05) is 6.92 Å². The summed E-state index contributed by atoms with van der Waals surface area (Å²) in [5, 5.41) is 0. The molecule has 0 N–H and O–H groups in total. The van der Waals surface area contributed by atoms with E-state index >= 15 is 0 Å². The average Bonchev–Trinajstić information content (AvgIpc) is 2.54. The summed E-state index contributed by atoms with van der Waals surface area (Å²) in [5.74, 6) is 0.109. The first-order chi connectivity index (χ1) is 11.0. The summed E-state index contributed by atoms with van der Waals surface area (Å²) in [5.41, 5.74) is 2.64. The predicted octanol–water partition coefficient (Wildman–Crippen LogP) is 2.58. The van der Waals surface area contributed by atoms with E-state index in [1.165, 1.54) is 12.1 Å². The minimum Gasteiger partial charge on any atom is -0.371 e. The molecular formula is C17H19FN4O. The van der Waals surface area contributed by atoms with Crippen LogP contribution in [0.5, 0.6) is 0 Å². The maximum absolute atomic E-state index is 13.7. The monoisotopic (exact) mass is 314 g/mol. The summed E-state index contributed by atoms with van der Waals surface area (Å²) < 4.78 is 13.7. The smallest absolute Gasteiger partial charge is 0.261 e. The Balaban J connectivity index is 2.05. The quantitative estimate of drug-likeness (QED) is 0.855. The number of rotatable bonds is 2. The molecule has 3 rings (SSSR count). The van der Waals surface area contributed by atoms with Crippen LogP contribution in [0.1, 0.15) is 28.8 Å². The standard InChI is InChI=1S/C17H19FN4O/c1-4-14-13(10-19-11(2)20-14)17(23)22-8-7-21(3)15-6-5-12(18)9-16(15)22/h5-6,9-10H,4,7-8H2,1-3H3. The lowest BCUT2D eigenvalue weighted by Gasteiger charge is -2.35. The van der Waals surface area contributed by atoms with Crippen molar-refractivity contribution in [3.05, 3.63) is 47.3 Å². The van der Waals surface area contributed by atoms with Crippen molar-refractivity contribution < 1.29 is 9.18 Å². The number of anilines is 2. The van der Waals surface area contributed by atoms with E-state index < -0.39 is 0 Å². The molecule has 0 aliphatic carbocycles. The number of likely N-dealkylation sites (N-methyl/N-ethyl adjacent to an activating group) is 1. The van der Waals surface area contributed by atoms with Gasteiger partial charge in [-0.05, 0) is 31.5 Å². The Morgan fingerprint density at radius 1 is 1.30 bits per heavy atom. The van der Waals surface area contributed by atoms with Crippen molar-refractivity contribution in [2.75, 3.05) is 29.9 Å². The summed E-state index contributed by atoms with van der Waals surface area (Å²) in [7, 11) is 1.94. The van der Waals surface area contributed by atoms with Gasteiger partial charge < -0.3 is 9.80 Å². The fourth-order valence-corrected chi connectivity index (χ4v) is 2.85. The Morgan fingerprint density at radius 3 is 2.83 bits per heavy atom. The van der Waals surface area contributed by atoms with Crippen LogP contribution in [-0.4, -0.2) is 36.0 Å². The van der Waals surface area contributed by atoms with Gasteiger partial charge in [0.15, 0.2) is 0 Å². The van der Waals surface area contributed by atoms with Crippen molar-refractivity contribution in [1.82, 2.24) is 9.97 Å². The number of carbonyl (C=O) groups is 1. The summed E-state index contributed by atoms with van der Waals surface area (Å²) in [6.07, 6.45) is 2.22. The highest BCUT2D eigenvalue weighted by atomic mass is 19.1. The Labute approximate surface area is 134 Å². The topological polar surface area (TPSA) is 49.3 Å². The van der Waals surface area contributed by atoms with Crippen molar-refractivity contribution in [3.8, 4) is 0 Å². The van der Waals surface area contributed by atoms with Crippen LogP contribution < -0.4 is 9.80 Å². The molecule has 0 saturated heterocycles. The number of hydrogen-bond donors (Lipinski definition) is 0. The molecule has 1 aromatic heterocycles. The third kappa shape index (κ3) is 2.76. The van der Waals surface area contributed by atoms with Gasteiger partial charge in [-0.15, -0.1) is 0 Å². The maximum Gasteiger partial charge on any atom is 0.261 e. The highest BCUT2D eigenvalue weighted by molar-refractivity contribution is 6.08. The molecule has 1 aliphatic rings. The number of benzene rings is 1. The number of fused-ring (bicyclic) bond motifs is 1. The minimum absolute atomic E-state index is 0.179. The summed E-state index contributed by atoms with van der Waals surface area (Å²) in [4.78, 5) is 25.1. The molecule has 0 fully saturated rings. The molecule has 2 aromatic rings. The molecule has 2 heterocycles. The van der Waals surface area contributed by atoms with Gasteiger partial charge in [-0.3, -0.25) is 4.79 Å². The van der Waals surface area contributed by atoms with E-state index in [9.17, 15) is 9.18 Å². The normalized spacial score (nSPS) is 13.9. The molecule has 0 radical (unpaired) electrons. The van der Waals surface area contributed by atoms with Crippen LogP contribution >= 0.6 is 0 Å². The number of aryl methyl sites for hydroxylation is 2. The van der Waals surface area contributed by atoms with E-state index in [1.54, 1.807) is 24.1 Å². The molecule has 1 aliphatic heterocycles. The Bertz CT molecular complexity index is 762. The summed E-state index contributed by atoms with van der Waals surface area (Å²) in [6.45, 7) is 4.95. The number of nitrogens with zero attached hydrogens (tertiary/aromatic N) is 4. The molecule has 23 heavy (non-hydrogen) atoms. The molecular weight excluding hydrogens is 295 g/mol. The van der Waals surface area contributed by atoms with Crippen LogP contribution in [0.2, 0.25) is 0 Å². The second kappa shape index (κ2) is 5.95. The number of aromatic nitrogens is 2. The Morgan fingerprint density at radius 2 is 2.09 bits per heavy atom. The number of halogens is 1. The average molecular weight is 314 g/mol. The van der Waals surface area contributed by atoms with Gasteiger partial charge in [-0.25, -0.2) is 14.4 Å². The van der Waals surface area contributed by atoms with Gasteiger partial charge in [0.2, 0.25) is 0 Å². The van der Waals surface area contributed by atoms with Crippen LogP contribution in [0.3, 0.4) is 0 Å². The van der Waals surface area contributed by atoms with E-state index in [0.29, 0.717) is 36.6 Å². The van der Waals surface area contributed by atoms with E-state index in [-0.39, 0.29) is 11.7 Å². The third-order valence-electron chi connectivity index (χ3n) is 4.10. The lowest BCUT2D eigenvalue weighted by Crippen LogP contribution is -2.43. The molecule has 0 atom stereocenters. The zero-order chi connectivity index (χ0) is 16.6. The van der Waals surface area contributed by atoms with Crippen LogP contribution in [0.25, 0.3) is 0 Å². The first-order valence-electron chi connectivity index (χ1n) is 7.66. The zero-order valence-corrected chi connectivity index (χ0v) is 13.5. The van der Waals surface area contributed by atoms with Gasteiger partial charge in [0.1, 0.15) is 11.6 Å². The molecule has 0 bridgehead atoms. The summed E-state index contributed by atoms with van der Waals surface area (Å²) >= 11 is 0. The number of hydrogen-bond acceptors (Lipinski definition) is 4. The van der Waals surface area contributed by atoms with Crippen LogP contribution in [0, 0.1) is 12.7 Å². The van der Waals surface area contributed by atoms with Gasteiger partial charge in [0.05, 0.1) is 22.6 Å². The van der Waals surface area contributed by atoms with E-state index in [1.807, 2.05) is 18.9 Å². The van der Waals surface area contributed by atoms with Gasteiger partial charge in [-0.2, -0.15) is 0 Å². The lowest BCUT2D eigenvalue weighted by molar-refractivity contribution is 0.0985. The molecule has 0 unspecified atom stereocenters. The fourth-order valence-electron chi connectivity index (χ4n) is 2.85. The molecule has 5 nitrogen and oxygen atoms in total. The molecule has 1 amide bonds. The van der Waals surface area contributed by atoms with Crippen LogP contribution in [-0.2, 0) is 6.42 Å².